The van der Waals surface area contributed by atoms with E-state index in [9.17, 15) is 0 Å². The molecule has 2 spiro atoms. The maximum absolute atomic E-state index is 2.77. The predicted octanol–water partition coefficient (Wildman–Crippen LogP) is 12.3. The third-order valence-corrected chi connectivity index (χ3v) is 15.7. The van der Waals surface area contributed by atoms with Crippen molar-refractivity contribution in [1.82, 2.24) is 9.15 Å². The number of para-hydroxylation sites is 4. The summed E-state index contributed by atoms with van der Waals surface area (Å²) in [6.07, 6.45) is 12.6. The molecule has 0 bridgehead atoms. The van der Waals surface area contributed by atoms with Crippen LogP contribution in [0.4, 0.5) is 11.4 Å². The summed E-state index contributed by atoms with van der Waals surface area (Å²) in [5.74, 6) is 0. The van der Waals surface area contributed by atoms with Crippen LogP contribution < -0.4 is 15.9 Å². The lowest BCUT2D eigenvalue weighted by Gasteiger charge is -2.48. The molecular weight excluding hydrogens is 701 g/mol. The van der Waals surface area contributed by atoms with Gasteiger partial charge in [-0.2, -0.15) is 0 Å². The summed E-state index contributed by atoms with van der Waals surface area (Å²) >= 11 is 0. The van der Waals surface area contributed by atoms with Gasteiger partial charge in [-0.15, -0.1) is 0 Å². The van der Waals surface area contributed by atoms with Crippen LogP contribution in [-0.2, 0) is 10.8 Å². The Morgan fingerprint density at radius 1 is 0.448 bits per heavy atom. The molecule has 7 aromatic carbocycles. The van der Waals surface area contributed by atoms with Crippen LogP contribution in [0.5, 0.6) is 0 Å². The minimum Gasteiger partial charge on any atom is -0.375 e. The third-order valence-electron chi connectivity index (χ3n) is 15.7. The SMILES string of the molecule is c1ccc2c(c1)B1c3c(cccc3C23CCCCC3)-c2c3c4ccccc4n(N4c5ccccc5C5(CCCCC5)c5ccccc54)c3cc3c4ccccc4n1c23. The summed E-state index contributed by atoms with van der Waals surface area (Å²) in [5.41, 5.74) is 19.9. The van der Waals surface area contributed by atoms with Crippen LogP contribution in [-0.4, -0.2) is 16.0 Å². The van der Waals surface area contributed by atoms with Crippen molar-refractivity contribution in [2.75, 3.05) is 5.01 Å². The normalized spacial score (nSPS) is 18.2. The molecule has 3 aliphatic heterocycles. The van der Waals surface area contributed by atoms with E-state index in [4.69, 9.17) is 0 Å². The number of aromatic nitrogens is 2. The maximum Gasteiger partial charge on any atom is 0.329 e. The van der Waals surface area contributed by atoms with E-state index in [0.29, 0.717) is 0 Å². The first kappa shape index (κ1) is 32.0. The summed E-state index contributed by atoms with van der Waals surface area (Å²) in [6.45, 7) is 0.128. The lowest BCUT2D eigenvalue weighted by molar-refractivity contribution is 0.343. The number of rotatable bonds is 1. The fraction of sp³-hybridized carbons (Fsp3) is 0.222. The van der Waals surface area contributed by atoms with E-state index in [2.05, 4.69) is 160 Å². The van der Waals surface area contributed by atoms with Crippen molar-refractivity contribution in [2.45, 2.75) is 75.0 Å². The monoisotopic (exact) mass is 745 g/mol. The largest absolute Gasteiger partial charge is 0.375 e. The van der Waals surface area contributed by atoms with Gasteiger partial charge in [0.15, 0.2) is 0 Å². The van der Waals surface area contributed by atoms with Crippen LogP contribution in [0.2, 0.25) is 0 Å². The van der Waals surface area contributed by atoms with Crippen molar-refractivity contribution in [2.24, 2.45) is 0 Å². The number of benzene rings is 7. The van der Waals surface area contributed by atoms with Crippen molar-refractivity contribution in [3.63, 3.8) is 0 Å². The van der Waals surface area contributed by atoms with Crippen LogP contribution in [0, 0.1) is 0 Å². The minimum absolute atomic E-state index is 0.0386. The van der Waals surface area contributed by atoms with Gasteiger partial charge in [0.1, 0.15) is 0 Å². The molecule has 278 valence electrons. The molecule has 2 aliphatic carbocycles. The summed E-state index contributed by atoms with van der Waals surface area (Å²) < 4.78 is 5.38. The third kappa shape index (κ3) is 3.75. The van der Waals surface area contributed by atoms with E-state index < -0.39 is 0 Å². The molecule has 2 aromatic heterocycles. The predicted molar refractivity (Wildman–Crippen MR) is 243 cm³/mol. The maximum atomic E-state index is 2.77. The Morgan fingerprint density at radius 2 is 1.02 bits per heavy atom. The van der Waals surface area contributed by atoms with Gasteiger partial charge in [-0.1, -0.05) is 154 Å². The van der Waals surface area contributed by atoms with E-state index in [-0.39, 0.29) is 17.7 Å². The number of anilines is 2. The Balaban J connectivity index is 1.16. The van der Waals surface area contributed by atoms with Gasteiger partial charge in [0, 0.05) is 49.0 Å². The fourth-order valence-electron chi connectivity index (χ4n) is 13.6. The average Bonchev–Trinajstić information content (AvgIpc) is 3.80. The van der Waals surface area contributed by atoms with E-state index in [1.165, 1.54) is 152 Å². The molecule has 0 atom stereocenters. The van der Waals surface area contributed by atoms with E-state index in [1.54, 1.807) is 11.1 Å². The fourth-order valence-corrected chi connectivity index (χ4v) is 13.6. The van der Waals surface area contributed by atoms with E-state index in [1.807, 2.05) is 0 Å². The van der Waals surface area contributed by atoms with Gasteiger partial charge in [0.05, 0.1) is 22.4 Å². The first-order valence-electron chi connectivity index (χ1n) is 22.0. The molecule has 58 heavy (non-hydrogen) atoms. The van der Waals surface area contributed by atoms with Crippen LogP contribution >= 0.6 is 0 Å². The highest BCUT2D eigenvalue weighted by Crippen LogP contribution is 2.57. The molecule has 0 radical (unpaired) electrons. The lowest BCUT2D eigenvalue weighted by Crippen LogP contribution is -2.61. The molecule has 0 amide bonds. The quantitative estimate of drug-likeness (QED) is 0.153. The molecule has 5 aliphatic rings. The van der Waals surface area contributed by atoms with E-state index >= 15 is 0 Å². The smallest absolute Gasteiger partial charge is 0.329 e. The molecule has 0 unspecified atom stereocenters. The molecular formula is C54H44BN3. The Labute approximate surface area is 339 Å². The minimum atomic E-state index is 0.0386. The van der Waals surface area contributed by atoms with Gasteiger partial charge >= 0.3 is 6.85 Å². The van der Waals surface area contributed by atoms with Crippen LogP contribution in [0.1, 0.15) is 86.5 Å². The Kier molecular flexibility index (Phi) is 6.27. The van der Waals surface area contributed by atoms with Gasteiger partial charge in [-0.25, -0.2) is 9.69 Å². The number of hydrogen-bond acceptors (Lipinski definition) is 1. The highest BCUT2D eigenvalue weighted by molar-refractivity contribution is 6.88. The molecule has 0 saturated heterocycles. The number of fused-ring (bicyclic) bond motifs is 17. The lowest BCUT2D eigenvalue weighted by atomic mass is 9.38. The van der Waals surface area contributed by atoms with Crippen molar-refractivity contribution >= 4 is 72.8 Å². The van der Waals surface area contributed by atoms with Crippen molar-refractivity contribution in [1.29, 1.82) is 0 Å². The molecule has 9 aromatic rings. The van der Waals surface area contributed by atoms with Gasteiger partial charge in [0.2, 0.25) is 0 Å². The second kappa shape index (κ2) is 11.3. The number of nitrogens with zero attached hydrogens (tertiary/aromatic N) is 3. The first-order valence-corrected chi connectivity index (χ1v) is 22.0. The zero-order valence-electron chi connectivity index (χ0n) is 32.8. The van der Waals surface area contributed by atoms with E-state index in [0.717, 1.165) is 0 Å². The zero-order chi connectivity index (χ0) is 37.7. The standard InChI is InChI=1S/C54H44BN3/c1-13-30-53(31-14-1)39-21-5-8-25-43(39)55-51-37(20-17-24-42(51)53)50-49-36-19-4-10-27-45(36)57(48(49)34-38-35-18-3-9-26-44(35)56(55)52(38)50)58-46-28-11-6-22-40(46)54(32-15-2-16-33-54)41-23-7-12-29-47(41)58/h3-12,17-29,34H,1-2,13-16,30-33H2. The molecule has 3 nitrogen and oxygen atoms in total. The molecule has 0 N–H and O–H groups in total. The Hall–Kier alpha value is -6.00. The summed E-state index contributed by atoms with van der Waals surface area (Å²) in [7, 11) is 0. The second-order valence-corrected chi connectivity index (χ2v) is 18.1. The van der Waals surface area contributed by atoms with Crippen molar-refractivity contribution in [3.05, 3.63) is 168 Å². The van der Waals surface area contributed by atoms with Gasteiger partial charge < -0.3 is 4.48 Å². The van der Waals surface area contributed by atoms with Gasteiger partial charge in [0.25, 0.3) is 0 Å². The zero-order valence-corrected chi connectivity index (χ0v) is 32.8. The Morgan fingerprint density at radius 3 is 1.74 bits per heavy atom. The molecule has 5 heterocycles. The topological polar surface area (TPSA) is 13.1 Å². The molecule has 2 saturated carbocycles. The highest BCUT2D eigenvalue weighted by Gasteiger charge is 2.50. The molecule has 2 fully saturated rings. The van der Waals surface area contributed by atoms with Crippen molar-refractivity contribution < 1.29 is 0 Å². The van der Waals surface area contributed by atoms with Crippen LogP contribution in [0.15, 0.2) is 146 Å². The van der Waals surface area contributed by atoms with Crippen LogP contribution in [0.25, 0.3) is 54.7 Å². The highest BCUT2D eigenvalue weighted by atomic mass is 15.6. The van der Waals surface area contributed by atoms with Crippen molar-refractivity contribution in [3.8, 4) is 11.1 Å². The first-order chi connectivity index (χ1) is 28.8. The second-order valence-electron chi connectivity index (χ2n) is 18.1. The molecule has 4 heteroatoms. The van der Waals surface area contributed by atoms with Gasteiger partial charge in [-0.3, -0.25) is 0 Å². The average molecular weight is 746 g/mol. The Bertz CT molecular complexity index is 3170. The van der Waals surface area contributed by atoms with Gasteiger partial charge in [-0.05, 0) is 94.8 Å². The summed E-state index contributed by atoms with van der Waals surface area (Å²) in [4.78, 5) is 0. The molecule has 14 rings (SSSR count). The summed E-state index contributed by atoms with van der Waals surface area (Å²) in [5, 5.41) is 7.97. The number of hydrogen-bond donors (Lipinski definition) is 0. The summed E-state index contributed by atoms with van der Waals surface area (Å²) in [6, 6.07) is 56.8. The van der Waals surface area contributed by atoms with Crippen LogP contribution in [0.3, 0.4) is 0 Å².